The summed E-state index contributed by atoms with van der Waals surface area (Å²) in [6.45, 7) is 1.20. The van der Waals surface area contributed by atoms with Gasteiger partial charge in [0, 0.05) is 17.4 Å². The molecule has 0 aliphatic heterocycles. The number of halogens is 1. The van der Waals surface area contributed by atoms with E-state index in [4.69, 9.17) is 5.73 Å². The van der Waals surface area contributed by atoms with Gasteiger partial charge in [0.05, 0.1) is 0 Å². The Morgan fingerprint density at radius 2 is 2.22 bits per heavy atom. The van der Waals surface area contributed by atoms with Crippen LogP contribution < -0.4 is 11.1 Å². The lowest BCUT2D eigenvalue weighted by atomic mass is 9.66. The van der Waals surface area contributed by atoms with Crippen LogP contribution in [0.5, 0.6) is 0 Å². The van der Waals surface area contributed by atoms with Crippen molar-refractivity contribution in [3.8, 4) is 0 Å². The number of hydrogen-bond donors (Lipinski definition) is 2. The molecule has 1 amide bonds. The van der Waals surface area contributed by atoms with Crippen molar-refractivity contribution in [2.75, 3.05) is 6.54 Å². The highest BCUT2D eigenvalue weighted by atomic mass is 79.9. The summed E-state index contributed by atoms with van der Waals surface area (Å²) in [5, 5.41) is 2.97. The fourth-order valence-corrected chi connectivity index (χ4v) is 2.83. The Labute approximate surface area is 116 Å². The minimum Gasteiger partial charge on any atom is -0.352 e. The van der Waals surface area contributed by atoms with Crippen LogP contribution in [0.2, 0.25) is 0 Å². The molecule has 3 nitrogen and oxygen atoms in total. The first-order chi connectivity index (χ1) is 8.63. The molecule has 4 heteroatoms. The van der Waals surface area contributed by atoms with Crippen molar-refractivity contribution in [3.05, 3.63) is 34.3 Å². The largest absolute Gasteiger partial charge is 0.352 e. The molecule has 1 aromatic rings. The Morgan fingerprint density at radius 3 is 2.78 bits per heavy atom. The Kier molecular flexibility index (Phi) is 4.40. The van der Waals surface area contributed by atoms with E-state index in [1.807, 2.05) is 24.3 Å². The first-order valence-corrected chi connectivity index (χ1v) is 7.14. The van der Waals surface area contributed by atoms with Crippen molar-refractivity contribution in [2.24, 2.45) is 11.1 Å². The smallest absolute Gasteiger partial charge is 0.220 e. The van der Waals surface area contributed by atoms with E-state index in [1.54, 1.807) is 0 Å². The van der Waals surface area contributed by atoms with Crippen molar-refractivity contribution in [2.45, 2.75) is 32.2 Å². The molecule has 98 valence electrons. The number of carbonyl (C=O) groups is 1. The zero-order valence-corrected chi connectivity index (χ0v) is 12.0. The summed E-state index contributed by atoms with van der Waals surface area (Å²) in [6.07, 6.45) is 3.95. The first-order valence-electron chi connectivity index (χ1n) is 6.35. The van der Waals surface area contributed by atoms with E-state index in [0.29, 0.717) is 19.5 Å². The van der Waals surface area contributed by atoms with Crippen LogP contribution in [0, 0.1) is 5.41 Å². The van der Waals surface area contributed by atoms with Crippen LogP contribution >= 0.6 is 15.9 Å². The maximum absolute atomic E-state index is 11.9. The second-order valence-corrected chi connectivity index (χ2v) is 6.06. The Hall–Kier alpha value is -0.870. The van der Waals surface area contributed by atoms with Crippen LogP contribution in [0.3, 0.4) is 0 Å². The molecule has 0 unspecified atom stereocenters. The van der Waals surface area contributed by atoms with Crippen molar-refractivity contribution in [1.29, 1.82) is 0 Å². The normalized spacial score (nSPS) is 17.0. The predicted octanol–water partition coefficient (Wildman–Crippen LogP) is 2.58. The number of hydrogen-bond acceptors (Lipinski definition) is 2. The summed E-state index contributed by atoms with van der Waals surface area (Å²) < 4.78 is 1.03. The number of carbonyl (C=O) groups excluding carboxylic acids is 1. The zero-order valence-electron chi connectivity index (χ0n) is 10.4. The molecular weight excluding hydrogens is 292 g/mol. The number of rotatable bonds is 5. The number of benzene rings is 1. The summed E-state index contributed by atoms with van der Waals surface area (Å²) >= 11 is 3.42. The van der Waals surface area contributed by atoms with Crippen LogP contribution in [-0.2, 0) is 11.3 Å². The minimum absolute atomic E-state index is 0.0847. The molecule has 0 bridgehead atoms. The first kappa shape index (κ1) is 13.6. The molecule has 1 aliphatic carbocycles. The maximum Gasteiger partial charge on any atom is 0.220 e. The van der Waals surface area contributed by atoms with Crippen LogP contribution in [0.25, 0.3) is 0 Å². The van der Waals surface area contributed by atoms with Gasteiger partial charge < -0.3 is 11.1 Å². The van der Waals surface area contributed by atoms with Gasteiger partial charge in [0.2, 0.25) is 5.91 Å². The molecule has 3 N–H and O–H groups in total. The van der Waals surface area contributed by atoms with Gasteiger partial charge in [-0.3, -0.25) is 4.79 Å². The zero-order chi connectivity index (χ0) is 13.0. The maximum atomic E-state index is 11.9. The molecule has 0 spiro atoms. The molecule has 0 aromatic heterocycles. The Balaban J connectivity index is 1.81. The minimum atomic E-state index is 0.0847. The monoisotopic (exact) mass is 310 g/mol. The molecule has 1 saturated carbocycles. The van der Waals surface area contributed by atoms with Crippen LogP contribution in [0.15, 0.2) is 28.7 Å². The van der Waals surface area contributed by atoms with Gasteiger partial charge in [-0.1, -0.05) is 34.5 Å². The lowest BCUT2D eigenvalue weighted by molar-refractivity contribution is -0.124. The van der Waals surface area contributed by atoms with Crippen LogP contribution in [0.4, 0.5) is 0 Å². The predicted molar refractivity (Wildman–Crippen MR) is 75.9 cm³/mol. The Morgan fingerprint density at radius 1 is 1.44 bits per heavy atom. The van der Waals surface area contributed by atoms with E-state index >= 15 is 0 Å². The summed E-state index contributed by atoms with van der Waals surface area (Å²) in [4.78, 5) is 11.9. The van der Waals surface area contributed by atoms with Gasteiger partial charge in [0.25, 0.3) is 0 Å². The molecule has 0 radical (unpaired) electrons. The number of amides is 1. The molecule has 18 heavy (non-hydrogen) atoms. The van der Waals surface area contributed by atoms with Crippen molar-refractivity contribution in [3.63, 3.8) is 0 Å². The summed E-state index contributed by atoms with van der Waals surface area (Å²) in [7, 11) is 0. The number of nitrogens with two attached hydrogens (primary N) is 1. The highest BCUT2D eigenvalue weighted by Gasteiger charge is 2.37. The second-order valence-electron chi connectivity index (χ2n) is 5.14. The third-order valence-corrected chi connectivity index (χ3v) is 4.25. The van der Waals surface area contributed by atoms with Crippen molar-refractivity contribution < 1.29 is 4.79 Å². The SMILES string of the molecule is NCC1(CC(=O)NCc2cccc(Br)c2)CCC1. The van der Waals surface area contributed by atoms with Crippen LogP contribution in [0.1, 0.15) is 31.2 Å². The van der Waals surface area contributed by atoms with Gasteiger partial charge in [0.1, 0.15) is 0 Å². The molecule has 1 aliphatic rings. The Bertz CT molecular complexity index is 424. The fraction of sp³-hybridized carbons (Fsp3) is 0.500. The van der Waals surface area contributed by atoms with Gasteiger partial charge in [-0.25, -0.2) is 0 Å². The molecule has 1 fully saturated rings. The van der Waals surface area contributed by atoms with E-state index in [9.17, 15) is 4.79 Å². The molecule has 0 saturated heterocycles. The third kappa shape index (κ3) is 3.33. The summed E-state index contributed by atoms with van der Waals surface area (Å²) in [5.41, 5.74) is 6.95. The van der Waals surface area contributed by atoms with E-state index in [-0.39, 0.29) is 11.3 Å². The van der Waals surface area contributed by atoms with E-state index in [1.165, 1.54) is 6.42 Å². The van der Waals surface area contributed by atoms with Crippen molar-refractivity contribution in [1.82, 2.24) is 5.32 Å². The molecule has 0 atom stereocenters. The van der Waals surface area contributed by atoms with Gasteiger partial charge in [-0.2, -0.15) is 0 Å². The average Bonchev–Trinajstić information content (AvgIpc) is 2.31. The van der Waals surface area contributed by atoms with Gasteiger partial charge in [-0.05, 0) is 42.5 Å². The van der Waals surface area contributed by atoms with Gasteiger partial charge in [-0.15, -0.1) is 0 Å². The van der Waals surface area contributed by atoms with Gasteiger partial charge in [0.15, 0.2) is 0 Å². The lowest BCUT2D eigenvalue weighted by Crippen LogP contribution is -2.41. The van der Waals surface area contributed by atoms with Crippen molar-refractivity contribution >= 4 is 21.8 Å². The highest BCUT2D eigenvalue weighted by Crippen LogP contribution is 2.42. The molecule has 1 aromatic carbocycles. The average molecular weight is 311 g/mol. The summed E-state index contributed by atoms with van der Waals surface area (Å²) in [6, 6.07) is 7.97. The molecule has 0 heterocycles. The van der Waals surface area contributed by atoms with E-state index in [2.05, 4.69) is 21.2 Å². The van der Waals surface area contributed by atoms with E-state index in [0.717, 1.165) is 22.9 Å². The summed E-state index contributed by atoms with van der Waals surface area (Å²) in [5.74, 6) is 0.111. The van der Waals surface area contributed by atoms with E-state index < -0.39 is 0 Å². The standard InChI is InChI=1S/C14H19BrN2O/c15-12-4-1-3-11(7-12)9-17-13(18)8-14(10-16)5-2-6-14/h1,3-4,7H,2,5-6,8-10,16H2,(H,17,18). The molecular formula is C14H19BrN2O. The second kappa shape index (κ2) is 5.85. The lowest BCUT2D eigenvalue weighted by Gasteiger charge is -2.40. The quantitative estimate of drug-likeness (QED) is 0.878. The van der Waals surface area contributed by atoms with Gasteiger partial charge >= 0.3 is 0 Å². The van der Waals surface area contributed by atoms with Crippen LogP contribution in [-0.4, -0.2) is 12.5 Å². The topological polar surface area (TPSA) is 55.1 Å². The third-order valence-electron chi connectivity index (χ3n) is 3.76. The number of nitrogens with one attached hydrogen (secondary N) is 1. The highest BCUT2D eigenvalue weighted by molar-refractivity contribution is 9.10. The fourth-order valence-electron chi connectivity index (χ4n) is 2.38. The molecule has 2 rings (SSSR count).